The molecule has 2 heterocycles. The summed E-state index contributed by atoms with van der Waals surface area (Å²) in [6, 6.07) is 17.1. The molecule has 1 aliphatic heterocycles. The van der Waals surface area contributed by atoms with Gasteiger partial charge in [-0.2, -0.15) is 0 Å². The third-order valence-corrected chi connectivity index (χ3v) is 6.81. The molecule has 6 nitrogen and oxygen atoms in total. The van der Waals surface area contributed by atoms with E-state index in [1.54, 1.807) is 25.4 Å². The van der Waals surface area contributed by atoms with Crippen LogP contribution in [0.1, 0.15) is 22.4 Å². The van der Waals surface area contributed by atoms with Crippen LogP contribution in [0.25, 0.3) is 6.08 Å². The van der Waals surface area contributed by atoms with Gasteiger partial charge in [0.15, 0.2) is 11.5 Å². The van der Waals surface area contributed by atoms with E-state index in [1.807, 2.05) is 55.5 Å². The van der Waals surface area contributed by atoms with Crippen LogP contribution in [0.4, 0.5) is 4.79 Å². The van der Waals surface area contributed by atoms with E-state index >= 15 is 0 Å². The molecule has 0 N–H and O–H groups in total. The third-order valence-electron chi connectivity index (χ3n) is 5.10. The predicted molar refractivity (Wildman–Crippen MR) is 137 cm³/mol. The molecule has 1 saturated heterocycles. The normalized spacial score (nSPS) is 14.8. The third kappa shape index (κ3) is 5.39. The van der Waals surface area contributed by atoms with E-state index in [2.05, 4.69) is 27.6 Å². The second kappa shape index (κ2) is 10.4. The van der Waals surface area contributed by atoms with Gasteiger partial charge in [-0.25, -0.2) is 0 Å². The molecule has 0 bridgehead atoms. The summed E-state index contributed by atoms with van der Waals surface area (Å²) in [5, 5.41) is -0.272. The highest BCUT2D eigenvalue weighted by Crippen LogP contribution is 2.38. The zero-order valence-corrected chi connectivity index (χ0v) is 21.1. The lowest BCUT2D eigenvalue weighted by Gasteiger charge is -2.14. The number of nitrogens with zero attached hydrogens (tertiary/aromatic N) is 2. The van der Waals surface area contributed by atoms with Crippen molar-refractivity contribution in [2.24, 2.45) is 0 Å². The lowest BCUT2D eigenvalue weighted by Crippen LogP contribution is -2.27. The summed E-state index contributed by atoms with van der Waals surface area (Å²) in [7, 11) is 1.57. The first kappa shape index (κ1) is 23.3. The minimum absolute atomic E-state index is 0.260. The number of pyridine rings is 1. The summed E-state index contributed by atoms with van der Waals surface area (Å²) in [6.45, 7) is 2.54. The van der Waals surface area contributed by atoms with Gasteiger partial charge < -0.3 is 9.47 Å². The van der Waals surface area contributed by atoms with E-state index in [-0.39, 0.29) is 17.7 Å². The molecule has 0 saturated carbocycles. The second-order valence-electron chi connectivity index (χ2n) is 7.34. The maximum absolute atomic E-state index is 13.0. The number of hydrogen-bond acceptors (Lipinski definition) is 6. The molecule has 4 rings (SSSR count). The first-order valence-corrected chi connectivity index (χ1v) is 12.1. The summed E-state index contributed by atoms with van der Waals surface area (Å²) in [6.07, 6.45) is 3.44. The predicted octanol–water partition coefficient (Wildman–Crippen LogP) is 5.82. The van der Waals surface area contributed by atoms with Crippen molar-refractivity contribution < 1.29 is 19.1 Å². The molecule has 0 aliphatic carbocycles. The fraction of sp³-hybridized carbons (Fsp3) is 0.160. The maximum atomic E-state index is 13.0. The Bertz CT molecular complexity index is 1230. The van der Waals surface area contributed by atoms with Crippen molar-refractivity contribution in [2.45, 2.75) is 20.1 Å². The monoisotopic (exact) mass is 572 g/mol. The number of methoxy groups -OCH3 is 1. The Morgan fingerprint density at radius 3 is 2.64 bits per heavy atom. The van der Waals surface area contributed by atoms with Gasteiger partial charge in [-0.1, -0.05) is 30.3 Å². The van der Waals surface area contributed by atoms with Crippen LogP contribution in [0.2, 0.25) is 0 Å². The molecule has 1 aromatic heterocycles. The van der Waals surface area contributed by atoms with Crippen molar-refractivity contribution in [3.63, 3.8) is 0 Å². The largest absolute Gasteiger partial charge is 0.493 e. The van der Waals surface area contributed by atoms with Gasteiger partial charge in [0.05, 0.1) is 27.8 Å². The molecule has 0 atom stereocenters. The number of aryl methyl sites for hydroxylation is 1. The van der Waals surface area contributed by atoms with Crippen molar-refractivity contribution >= 4 is 51.6 Å². The average molecular weight is 572 g/mol. The average Bonchev–Trinajstić information content (AvgIpc) is 3.07. The van der Waals surface area contributed by atoms with Crippen LogP contribution in [0, 0.1) is 10.5 Å². The zero-order chi connectivity index (χ0) is 23.4. The highest BCUT2D eigenvalue weighted by Gasteiger charge is 2.35. The smallest absolute Gasteiger partial charge is 0.293 e. The number of rotatable bonds is 7. The van der Waals surface area contributed by atoms with Crippen LogP contribution >= 0.6 is 34.4 Å². The van der Waals surface area contributed by atoms with Crippen molar-refractivity contribution in [3.05, 3.63) is 91.7 Å². The Morgan fingerprint density at radius 2 is 1.91 bits per heavy atom. The number of benzene rings is 2. The summed E-state index contributed by atoms with van der Waals surface area (Å²) < 4.78 is 12.3. The fourth-order valence-electron chi connectivity index (χ4n) is 3.34. The zero-order valence-electron chi connectivity index (χ0n) is 18.1. The number of carbonyl (C=O) groups excluding carboxylic acids is 2. The first-order valence-electron chi connectivity index (χ1n) is 10.2. The van der Waals surface area contributed by atoms with Gasteiger partial charge in [0.1, 0.15) is 6.61 Å². The van der Waals surface area contributed by atoms with Crippen molar-refractivity contribution in [1.82, 2.24) is 9.88 Å². The van der Waals surface area contributed by atoms with Crippen LogP contribution in [0.3, 0.4) is 0 Å². The Balaban J connectivity index is 1.54. The number of thioether (sulfide) groups is 1. The molecule has 1 aliphatic rings. The maximum Gasteiger partial charge on any atom is 0.293 e. The highest BCUT2D eigenvalue weighted by molar-refractivity contribution is 14.1. The highest BCUT2D eigenvalue weighted by atomic mass is 127. The molecule has 3 aromatic rings. The van der Waals surface area contributed by atoms with E-state index < -0.39 is 0 Å². The number of ether oxygens (including phenoxy) is 2. The Labute approximate surface area is 210 Å². The first-order chi connectivity index (χ1) is 16.0. The molecule has 168 valence electrons. The molecule has 2 amide bonds. The molecule has 0 radical (unpaired) electrons. The number of carbonyl (C=O) groups is 2. The Hall–Kier alpha value is -2.85. The molecule has 8 heteroatoms. The molecule has 0 spiro atoms. The Morgan fingerprint density at radius 1 is 1.12 bits per heavy atom. The van der Waals surface area contributed by atoms with Crippen LogP contribution in [0.15, 0.2) is 65.7 Å². The van der Waals surface area contributed by atoms with Gasteiger partial charge in [0.25, 0.3) is 11.1 Å². The van der Waals surface area contributed by atoms with Crippen molar-refractivity contribution in [1.29, 1.82) is 0 Å². The lowest BCUT2D eigenvalue weighted by molar-refractivity contribution is -0.123. The fourth-order valence-corrected chi connectivity index (χ4v) is 4.96. The molecule has 33 heavy (non-hydrogen) atoms. The lowest BCUT2D eigenvalue weighted by atomic mass is 10.1. The SMILES string of the molecule is COc1cc(/C=C2\SC(=O)N(Cc3ccccc3C)C2=O)cc(I)c1OCc1ccccn1. The van der Waals surface area contributed by atoms with Gasteiger partial charge in [-0.05, 0) is 88.3 Å². The van der Waals surface area contributed by atoms with Crippen molar-refractivity contribution in [2.75, 3.05) is 7.11 Å². The topological polar surface area (TPSA) is 68.7 Å². The summed E-state index contributed by atoms with van der Waals surface area (Å²) in [5.41, 5.74) is 3.55. The molecule has 0 unspecified atom stereocenters. The van der Waals surface area contributed by atoms with Crippen LogP contribution in [-0.2, 0) is 17.9 Å². The van der Waals surface area contributed by atoms with Crippen LogP contribution < -0.4 is 9.47 Å². The minimum atomic E-state index is -0.294. The van der Waals surface area contributed by atoms with Gasteiger partial charge in [0, 0.05) is 6.20 Å². The van der Waals surface area contributed by atoms with Gasteiger partial charge in [-0.15, -0.1) is 0 Å². The number of hydrogen-bond donors (Lipinski definition) is 0. The Kier molecular flexibility index (Phi) is 7.34. The summed E-state index contributed by atoms with van der Waals surface area (Å²) in [4.78, 5) is 31.4. The van der Waals surface area contributed by atoms with Gasteiger partial charge >= 0.3 is 0 Å². The van der Waals surface area contributed by atoms with Crippen LogP contribution in [-0.4, -0.2) is 28.1 Å². The van der Waals surface area contributed by atoms with E-state index in [0.717, 1.165) is 37.7 Å². The number of amides is 2. The quantitative estimate of drug-likeness (QED) is 0.263. The molecule has 1 fully saturated rings. The van der Waals surface area contributed by atoms with Crippen molar-refractivity contribution in [3.8, 4) is 11.5 Å². The standard InChI is InChI=1S/C25H21IN2O4S/c1-16-7-3-4-8-18(16)14-28-24(29)22(33-25(28)30)13-17-11-20(26)23(21(12-17)31-2)32-15-19-9-5-6-10-27-19/h3-13H,14-15H2,1-2H3/b22-13-. The van der Waals surface area contributed by atoms with Gasteiger partial charge in [0.2, 0.25) is 0 Å². The van der Waals surface area contributed by atoms with Crippen LogP contribution in [0.5, 0.6) is 11.5 Å². The number of halogens is 1. The molecular weight excluding hydrogens is 551 g/mol. The van der Waals surface area contributed by atoms with E-state index in [0.29, 0.717) is 23.0 Å². The molecular formula is C25H21IN2O4S. The minimum Gasteiger partial charge on any atom is -0.493 e. The number of imide groups is 1. The van der Waals surface area contributed by atoms with E-state index in [9.17, 15) is 9.59 Å². The summed E-state index contributed by atoms with van der Waals surface area (Å²) >= 11 is 3.12. The van der Waals surface area contributed by atoms with E-state index in [1.165, 1.54) is 4.90 Å². The second-order valence-corrected chi connectivity index (χ2v) is 9.49. The molecule has 2 aromatic carbocycles. The number of aromatic nitrogens is 1. The van der Waals surface area contributed by atoms with E-state index in [4.69, 9.17) is 9.47 Å². The van der Waals surface area contributed by atoms with Gasteiger partial charge in [-0.3, -0.25) is 19.5 Å². The summed E-state index contributed by atoms with van der Waals surface area (Å²) in [5.74, 6) is 0.856.